The number of nitrogens with zero attached hydrogens (tertiary/aromatic N) is 1. The zero-order valence-electron chi connectivity index (χ0n) is 16.8. The van der Waals surface area contributed by atoms with Crippen LogP contribution in [0.2, 0.25) is 5.02 Å². The molecule has 0 saturated carbocycles. The second-order valence-electron chi connectivity index (χ2n) is 6.63. The fraction of sp³-hybridized carbons (Fsp3) is 0.167. The van der Waals surface area contributed by atoms with E-state index >= 15 is 0 Å². The van der Waals surface area contributed by atoms with E-state index in [9.17, 15) is 9.59 Å². The number of nitrogens with one attached hydrogen (secondary N) is 1. The Morgan fingerprint density at radius 2 is 1.60 bits per heavy atom. The Balaban J connectivity index is 1.76. The lowest BCUT2D eigenvalue weighted by Gasteiger charge is -2.23. The van der Waals surface area contributed by atoms with Crippen LogP contribution < -0.4 is 15.0 Å². The van der Waals surface area contributed by atoms with E-state index in [-0.39, 0.29) is 11.8 Å². The fourth-order valence-corrected chi connectivity index (χ4v) is 3.11. The van der Waals surface area contributed by atoms with Crippen molar-refractivity contribution >= 4 is 34.8 Å². The van der Waals surface area contributed by atoms with E-state index in [1.807, 2.05) is 37.3 Å². The Bertz CT molecular complexity index is 1010. The maximum atomic E-state index is 13.2. The van der Waals surface area contributed by atoms with Gasteiger partial charge in [-0.15, -0.1) is 0 Å². The van der Waals surface area contributed by atoms with Crippen LogP contribution in [-0.4, -0.2) is 24.5 Å². The van der Waals surface area contributed by atoms with E-state index in [0.717, 1.165) is 5.69 Å². The van der Waals surface area contributed by atoms with Gasteiger partial charge in [-0.2, -0.15) is 0 Å². The third-order valence-corrected chi connectivity index (χ3v) is 4.79. The number of amides is 2. The Labute approximate surface area is 181 Å². The molecule has 0 radical (unpaired) electrons. The minimum Gasteiger partial charge on any atom is -0.481 e. The van der Waals surface area contributed by atoms with Gasteiger partial charge in [0, 0.05) is 17.3 Å². The number of benzene rings is 3. The van der Waals surface area contributed by atoms with E-state index in [2.05, 4.69) is 5.32 Å². The van der Waals surface area contributed by atoms with Gasteiger partial charge in [0.15, 0.2) is 6.10 Å². The molecule has 0 heterocycles. The van der Waals surface area contributed by atoms with Crippen molar-refractivity contribution < 1.29 is 14.3 Å². The predicted molar refractivity (Wildman–Crippen MR) is 120 cm³/mol. The first-order chi connectivity index (χ1) is 14.5. The van der Waals surface area contributed by atoms with Gasteiger partial charge in [0.1, 0.15) is 5.75 Å². The SMILES string of the molecule is CCN(C(=O)c1ccccc1NC(=O)C(C)Oc1ccc(Cl)cc1)c1ccccc1. The molecule has 154 valence electrons. The van der Waals surface area contributed by atoms with Gasteiger partial charge in [-0.1, -0.05) is 41.9 Å². The lowest BCUT2D eigenvalue weighted by molar-refractivity contribution is -0.122. The molecule has 0 aliphatic carbocycles. The number of carbonyl (C=O) groups is 2. The number of hydrogen-bond acceptors (Lipinski definition) is 3. The topological polar surface area (TPSA) is 58.6 Å². The van der Waals surface area contributed by atoms with Crippen LogP contribution in [0.25, 0.3) is 0 Å². The predicted octanol–water partition coefficient (Wildman–Crippen LogP) is 5.41. The van der Waals surface area contributed by atoms with Crippen molar-refractivity contribution in [2.24, 2.45) is 0 Å². The van der Waals surface area contributed by atoms with Gasteiger partial charge in [0.25, 0.3) is 11.8 Å². The molecule has 0 saturated heterocycles. The van der Waals surface area contributed by atoms with Gasteiger partial charge < -0.3 is 15.0 Å². The first-order valence-electron chi connectivity index (χ1n) is 9.68. The summed E-state index contributed by atoms with van der Waals surface area (Å²) in [5.41, 5.74) is 1.65. The summed E-state index contributed by atoms with van der Waals surface area (Å²) < 4.78 is 5.68. The standard InChI is InChI=1S/C24H23ClN2O3/c1-3-27(19-9-5-4-6-10-19)24(29)21-11-7-8-12-22(21)26-23(28)17(2)30-20-15-13-18(25)14-16-20/h4-17H,3H2,1-2H3,(H,26,28). The maximum absolute atomic E-state index is 13.2. The molecular weight excluding hydrogens is 400 g/mol. The van der Waals surface area contributed by atoms with E-state index in [0.29, 0.717) is 28.6 Å². The highest BCUT2D eigenvalue weighted by molar-refractivity contribution is 6.30. The van der Waals surface area contributed by atoms with Crippen molar-refractivity contribution in [2.45, 2.75) is 20.0 Å². The highest BCUT2D eigenvalue weighted by Crippen LogP contribution is 2.23. The number of halogens is 1. The van der Waals surface area contributed by atoms with Crippen LogP contribution in [0.5, 0.6) is 5.75 Å². The summed E-state index contributed by atoms with van der Waals surface area (Å²) in [6.45, 7) is 4.06. The van der Waals surface area contributed by atoms with Crippen molar-refractivity contribution in [2.75, 3.05) is 16.8 Å². The second kappa shape index (κ2) is 9.94. The zero-order valence-corrected chi connectivity index (χ0v) is 17.6. The maximum Gasteiger partial charge on any atom is 0.265 e. The van der Waals surface area contributed by atoms with Gasteiger partial charge in [0.05, 0.1) is 11.3 Å². The summed E-state index contributed by atoms with van der Waals surface area (Å²) in [5, 5.41) is 3.40. The number of rotatable bonds is 7. The van der Waals surface area contributed by atoms with Gasteiger partial charge in [-0.05, 0) is 62.4 Å². The zero-order chi connectivity index (χ0) is 21.5. The molecule has 5 nitrogen and oxygen atoms in total. The summed E-state index contributed by atoms with van der Waals surface area (Å²) in [5.74, 6) is -0.00789. The Kier molecular flexibility index (Phi) is 7.09. The van der Waals surface area contributed by atoms with Crippen LogP contribution in [-0.2, 0) is 4.79 Å². The molecular formula is C24H23ClN2O3. The van der Waals surface area contributed by atoms with E-state index < -0.39 is 6.10 Å². The van der Waals surface area contributed by atoms with Gasteiger partial charge in [-0.25, -0.2) is 0 Å². The van der Waals surface area contributed by atoms with Crippen LogP contribution in [0, 0.1) is 0 Å². The summed E-state index contributed by atoms with van der Waals surface area (Å²) in [6, 6.07) is 23.2. The molecule has 1 atom stereocenters. The number of para-hydroxylation sites is 2. The molecule has 2 amide bonds. The smallest absolute Gasteiger partial charge is 0.265 e. The largest absolute Gasteiger partial charge is 0.481 e. The first kappa shape index (κ1) is 21.4. The van der Waals surface area contributed by atoms with E-state index in [1.165, 1.54) is 0 Å². The third-order valence-electron chi connectivity index (χ3n) is 4.54. The van der Waals surface area contributed by atoms with Crippen molar-refractivity contribution in [1.29, 1.82) is 0 Å². The monoisotopic (exact) mass is 422 g/mol. The van der Waals surface area contributed by atoms with Crippen LogP contribution in [0.3, 0.4) is 0 Å². The molecule has 0 aliphatic rings. The lowest BCUT2D eigenvalue weighted by atomic mass is 10.1. The molecule has 0 aromatic heterocycles. The minimum absolute atomic E-state index is 0.189. The van der Waals surface area contributed by atoms with Crippen molar-refractivity contribution in [1.82, 2.24) is 0 Å². The van der Waals surface area contributed by atoms with Crippen LogP contribution in [0.4, 0.5) is 11.4 Å². The molecule has 0 fully saturated rings. The molecule has 0 bridgehead atoms. The highest BCUT2D eigenvalue weighted by atomic mass is 35.5. The Morgan fingerprint density at radius 1 is 0.967 bits per heavy atom. The third kappa shape index (κ3) is 5.19. The molecule has 30 heavy (non-hydrogen) atoms. The van der Waals surface area contributed by atoms with Gasteiger partial charge in [-0.3, -0.25) is 9.59 Å². The van der Waals surface area contributed by atoms with Gasteiger partial charge in [0.2, 0.25) is 0 Å². The number of carbonyl (C=O) groups excluding carboxylic acids is 2. The molecule has 3 aromatic carbocycles. The summed E-state index contributed by atoms with van der Waals surface area (Å²) in [7, 11) is 0. The summed E-state index contributed by atoms with van der Waals surface area (Å²) in [4.78, 5) is 27.5. The molecule has 3 rings (SSSR count). The molecule has 3 aromatic rings. The molecule has 1 unspecified atom stereocenters. The second-order valence-corrected chi connectivity index (χ2v) is 7.07. The average molecular weight is 423 g/mol. The van der Waals surface area contributed by atoms with Crippen molar-refractivity contribution in [3.8, 4) is 5.75 Å². The van der Waals surface area contributed by atoms with Crippen LogP contribution in [0.15, 0.2) is 78.9 Å². The average Bonchev–Trinajstić information content (AvgIpc) is 2.77. The van der Waals surface area contributed by atoms with E-state index in [1.54, 1.807) is 60.4 Å². The molecule has 1 N–H and O–H groups in total. The van der Waals surface area contributed by atoms with Crippen molar-refractivity contribution in [3.05, 3.63) is 89.4 Å². The first-order valence-corrected chi connectivity index (χ1v) is 10.1. The summed E-state index contributed by atoms with van der Waals surface area (Å²) in [6.07, 6.45) is -0.759. The minimum atomic E-state index is -0.759. The van der Waals surface area contributed by atoms with Crippen molar-refractivity contribution in [3.63, 3.8) is 0 Å². The number of hydrogen-bond donors (Lipinski definition) is 1. The van der Waals surface area contributed by atoms with Crippen LogP contribution >= 0.6 is 11.6 Å². The molecule has 0 spiro atoms. The Morgan fingerprint density at radius 3 is 2.27 bits per heavy atom. The molecule has 0 aliphatic heterocycles. The van der Waals surface area contributed by atoms with E-state index in [4.69, 9.17) is 16.3 Å². The summed E-state index contributed by atoms with van der Waals surface area (Å²) >= 11 is 5.88. The quantitative estimate of drug-likeness (QED) is 0.553. The van der Waals surface area contributed by atoms with Gasteiger partial charge >= 0.3 is 0 Å². The normalized spacial score (nSPS) is 11.4. The lowest BCUT2D eigenvalue weighted by Crippen LogP contribution is -2.33. The van der Waals surface area contributed by atoms with Crippen LogP contribution in [0.1, 0.15) is 24.2 Å². The number of anilines is 2. The fourth-order valence-electron chi connectivity index (χ4n) is 2.98. The molecule has 6 heteroatoms. The number of ether oxygens (including phenoxy) is 1. The highest BCUT2D eigenvalue weighted by Gasteiger charge is 2.22. The Hall–Kier alpha value is -3.31.